The van der Waals surface area contributed by atoms with Crippen LogP contribution in [-0.2, 0) is 6.54 Å². The molecule has 5 heteroatoms. The normalized spacial score (nSPS) is 15.8. The van der Waals surface area contributed by atoms with Crippen LogP contribution in [-0.4, -0.2) is 9.55 Å². The van der Waals surface area contributed by atoms with Crippen molar-refractivity contribution in [1.29, 1.82) is 0 Å². The molecule has 0 atom stereocenters. The highest BCUT2D eigenvalue weighted by atomic mass is 79.9. The summed E-state index contributed by atoms with van der Waals surface area (Å²) in [5.41, 5.74) is 1.67. The molecule has 0 unspecified atom stereocenters. The summed E-state index contributed by atoms with van der Waals surface area (Å²) in [6.45, 7) is 0.790. The van der Waals surface area contributed by atoms with Crippen molar-refractivity contribution in [3.63, 3.8) is 0 Å². The van der Waals surface area contributed by atoms with Gasteiger partial charge in [0.05, 0.1) is 5.52 Å². The fourth-order valence-electron chi connectivity index (χ4n) is 3.80. The molecule has 1 heterocycles. The summed E-state index contributed by atoms with van der Waals surface area (Å²) in [6, 6.07) is 10.6. The monoisotopic (exact) mass is 404 g/mol. The first-order valence-corrected chi connectivity index (χ1v) is 9.53. The van der Waals surface area contributed by atoms with Gasteiger partial charge in [-0.1, -0.05) is 53.4 Å². The smallest absolute Gasteiger partial charge is 0.186 e. The van der Waals surface area contributed by atoms with Gasteiger partial charge in [-0.05, 0) is 37.0 Å². The van der Waals surface area contributed by atoms with Crippen molar-refractivity contribution in [2.45, 2.75) is 38.6 Å². The first kappa shape index (κ1) is 16.7. The molecule has 2 nitrogen and oxygen atoms in total. The van der Waals surface area contributed by atoms with Crippen LogP contribution in [0.3, 0.4) is 0 Å². The Bertz CT molecular complexity index is 913. The van der Waals surface area contributed by atoms with Crippen molar-refractivity contribution < 1.29 is 8.78 Å². The first-order valence-electron chi connectivity index (χ1n) is 8.74. The Hall–Kier alpha value is -1.75. The lowest BCUT2D eigenvalue weighted by Gasteiger charge is -2.23. The summed E-state index contributed by atoms with van der Waals surface area (Å²) < 4.78 is 31.0. The van der Waals surface area contributed by atoms with Gasteiger partial charge in [0.25, 0.3) is 0 Å². The van der Waals surface area contributed by atoms with Crippen molar-refractivity contribution in [3.05, 3.63) is 52.5 Å². The van der Waals surface area contributed by atoms with E-state index >= 15 is 0 Å². The van der Waals surface area contributed by atoms with E-state index in [-0.39, 0.29) is 5.52 Å². The van der Waals surface area contributed by atoms with E-state index in [1.807, 2.05) is 24.3 Å². The zero-order chi connectivity index (χ0) is 17.4. The summed E-state index contributed by atoms with van der Waals surface area (Å²) in [7, 11) is 0. The maximum absolute atomic E-state index is 14.3. The van der Waals surface area contributed by atoms with E-state index in [0.29, 0.717) is 17.3 Å². The van der Waals surface area contributed by atoms with Crippen LogP contribution in [0.1, 0.15) is 32.1 Å². The Morgan fingerprint density at radius 3 is 2.56 bits per heavy atom. The molecular weight excluding hydrogens is 386 g/mol. The quantitative estimate of drug-likeness (QED) is 0.498. The third kappa shape index (κ3) is 3.10. The van der Waals surface area contributed by atoms with Crippen LogP contribution in [0.15, 0.2) is 40.9 Å². The van der Waals surface area contributed by atoms with Crippen LogP contribution in [0, 0.1) is 17.6 Å². The van der Waals surface area contributed by atoms with E-state index in [4.69, 9.17) is 0 Å². The molecule has 3 aromatic rings. The summed E-state index contributed by atoms with van der Waals surface area (Å²) in [6.07, 6.45) is 6.13. The first-order chi connectivity index (χ1) is 12.1. The van der Waals surface area contributed by atoms with E-state index in [2.05, 4.69) is 25.5 Å². The molecule has 1 aliphatic carbocycles. The van der Waals surface area contributed by atoms with Crippen LogP contribution >= 0.6 is 15.9 Å². The molecule has 0 saturated heterocycles. The Morgan fingerprint density at radius 2 is 1.80 bits per heavy atom. The number of imidazole rings is 1. The fraction of sp³-hybridized carbons (Fsp3) is 0.350. The van der Waals surface area contributed by atoms with Gasteiger partial charge in [0, 0.05) is 16.6 Å². The lowest BCUT2D eigenvalue weighted by molar-refractivity contribution is 0.323. The summed E-state index contributed by atoms with van der Waals surface area (Å²) >= 11 is 3.56. The molecule has 0 amide bonds. The average molecular weight is 405 g/mol. The number of aromatic nitrogens is 2. The minimum absolute atomic E-state index is 0.113. The fourth-order valence-corrected chi connectivity index (χ4v) is 4.26. The van der Waals surface area contributed by atoms with Crippen molar-refractivity contribution in [3.8, 4) is 11.4 Å². The van der Waals surface area contributed by atoms with E-state index in [1.54, 1.807) is 6.07 Å². The topological polar surface area (TPSA) is 17.8 Å². The molecule has 1 saturated carbocycles. The van der Waals surface area contributed by atoms with E-state index in [1.165, 1.54) is 38.2 Å². The largest absolute Gasteiger partial charge is 0.324 e. The highest BCUT2D eigenvalue weighted by molar-refractivity contribution is 9.10. The Labute approximate surface area is 154 Å². The lowest BCUT2D eigenvalue weighted by atomic mass is 9.89. The highest BCUT2D eigenvalue weighted by Gasteiger charge is 2.22. The van der Waals surface area contributed by atoms with Gasteiger partial charge in [0.2, 0.25) is 0 Å². The van der Waals surface area contributed by atoms with Crippen molar-refractivity contribution in [1.82, 2.24) is 9.55 Å². The molecule has 0 radical (unpaired) electrons. The minimum Gasteiger partial charge on any atom is -0.324 e. The van der Waals surface area contributed by atoms with Gasteiger partial charge in [-0.3, -0.25) is 0 Å². The van der Waals surface area contributed by atoms with Crippen molar-refractivity contribution in [2.75, 3.05) is 0 Å². The molecule has 4 rings (SSSR count). The van der Waals surface area contributed by atoms with E-state index in [0.717, 1.165) is 16.6 Å². The maximum atomic E-state index is 14.3. The van der Waals surface area contributed by atoms with Gasteiger partial charge >= 0.3 is 0 Å². The number of fused-ring (bicyclic) bond motifs is 1. The molecule has 130 valence electrons. The molecule has 0 bridgehead atoms. The standard InChI is InChI=1S/C20H19BrF2N2/c21-15-9-5-4-8-14(15)20-24-19-17(11-10-16(22)18(19)23)25(20)12-13-6-2-1-3-7-13/h4-5,8-11,13H,1-3,6-7,12H2. The summed E-state index contributed by atoms with van der Waals surface area (Å²) in [5.74, 6) is -0.472. The number of benzene rings is 2. The average Bonchev–Trinajstić information content (AvgIpc) is 2.98. The molecule has 0 aliphatic heterocycles. The number of nitrogens with zero attached hydrogens (tertiary/aromatic N) is 2. The lowest BCUT2D eigenvalue weighted by Crippen LogP contribution is -2.15. The van der Waals surface area contributed by atoms with Crippen LogP contribution in [0.5, 0.6) is 0 Å². The second-order valence-electron chi connectivity index (χ2n) is 6.76. The highest BCUT2D eigenvalue weighted by Crippen LogP contribution is 2.34. The summed E-state index contributed by atoms with van der Waals surface area (Å²) in [5, 5.41) is 0. The molecule has 0 spiro atoms. The Kier molecular flexibility index (Phi) is 4.59. The molecular formula is C20H19BrF2N2. The molecule has 0 N–H and O–H groups in total. The van der Waals surface area contributed by atoms with Crippen molar-refractivity contribution in [2.24, 2.45) is 5.92 Å². The van der Waals surface area contributed by atoms with Crippen molar-refractivity contribution >= 4 is 27.0 Å². The van der Waals surface area contributed by atoms with Crippen LogP contribution in [0.2, 0.25) is 0 Å². The van der Waals surface area contributed by atoms with Gasteiger partial charge in [-0.15, -0.1) is 0 Å². The number of hydrogen-bond acceptors (Lipinski definition) is 1. The Morgan fingerprint density at radius 1 is 1.04 bits per heavy atom. The number of hydrogen-bond donors (Lipinski definition) is 0. The maximum Gasteiger partial charge on any atom is 0.186 e. The molecule has 1 aromatic heterocycles. The van der Waals surface area contributed by atoms with Gasteiger partial charge in [0.1, 0.15) is 11.3 Å². The molecule has 25 heavy (non-hydrogen) atoms. The zero-order valence-electron chi connectivity index (χ0n) is 13.8. The summed E-state index contributed by atoms with van der Waals surface area (Å²) in [4.78, 5) is 4.49. The predicted octanol–water partition coefficient (Wildman–Crippen LogP) is 6.32. The van der Waals surface area contributed by atoms with Crippen LogP contribution < -0.4 is 0 Å². The third-order valence-electron chi connectivity index (χ3n) is 5.09. The zero-order valence-corrected chi connectivity index (χ0v) is 15.4. The minimum atomic E-state index is -0.867. The van der Waals surface area contributed by atoms with E-state index in [9.17, 15) is 8.78 Å². The second-order valence-corrected chi connectivity index (χ2v) is 7.61. The molecule has 1 fully saturated rings. The molecule has 1 aliphatic rings. The predicted molar refractivity (Wildman–Crippen MR) is 99.4 cm³/mol. The van der Waals surface area contributed by atoms with Gasteiger partial charge in [-0.25, -0.2) is 13.8 Å². The van der Waals surface area contributed by atoms with Crippen LogP contribution in [0.25, 0.3) is 22.4 Å². The van der Waals surface area contributed by atoms with Gasteiger partial charge in [-0.2, -0.15) is 0 Å². The van der Waals surface area contributed by atoms with E-state index < -0.39 is 11.6 Å². The number of rotatable bonds is 3. The van der Waals surface area contributed by atoms with Gasteiger partial charge < -0.3 is 4.57 Å². The molecule has 2 aromatic carbocycles. The number of halogens is 3. The van der Waals surface area contributed by atoms with Crippen LogP contribution in [0.4, 0.5) is 8.78 Å². The second kappa shape index (κ2) is 6.87. The SMILES string of the molecule is Fc1ccc2c(nc(-c3ccccc3Br)n2CC2CCCCC2)c1F. The third-order valence-corrected chi connectivity index (χ3v) is 5.78. The van der Waals surface area contributed by atoms with Gasteiger partial charge in [0.15, 0.2) is 11.6 Å². The Balaban J connectivity index is 1.89.